The topological polar surface area (TPSA) is 107 Å². The van der Waals surface area contributed by atoms with Crippen molar-refractivity contribution in [1.82, 2.24) is 5.27 Å². The number of amidine groups is 1. The molecule has 4 rings (SSSR count). The number of halogens is 1. The van der Waals surface area contributed by atoms with Gasteiger partial charge in [-0.05, 0) is 46.5 Å². The molecule has 1 aromatic heterocycles. The van der Waals surface area contributed by atoms with E-state index in [2.05, 4.69) is 15.3 Å². The number of benzene rings is 2. The molecule has 0 radical (unpaired) electrons. The Kier molecular flexibility index (Phi) is 7.45. The smallest absolute Gasteiger partial charge is 0.320 e. The SMILES string of the molecule is COCC[n+]1cc(/N=C(\[O-])CSC2=N/C(=C/c3ccc(F)cc3)C(=O)N2c2ccccc2)on1. The predicted octanol–water partition coefficient (Wildman–Crippen LogP) is 2.32. The van der Waals surface area contributed by atoms with Gasteiger partial charge in [0.05, 0.1) is 5.69 Å². The molecule has 9 nitrogen and oxygen atoms in total. The molecule has 1 aliphatic rings. The number of methoxy groups -OCH3 is 1. The second-order valence-electron chi connectivity index (χ2n) is 7.04. The van der Waals surface area contributed by atoms with Gasteiger partial charge in [-0.3, -0.25) is 14.2 Å². The van der Waals surface area contributed by atoms with Gasteiger partial charge in [0.1, 0.15) is 18.1 Å². The van der Waals surface area contributed by atoms with Crippen LogP contribution in [0.3, 0.4) is 0 Å². The van der Waals surface area contributed by atoms with Gasteiger partial charge in [0.15, 0.2) is 5.17 Å². The Morgan fingerprint density at radius 3 is 2.76 bits per heavy atom. The summed E-state index contributed by atoms with van der Waals surface area (Å²) in [6.07, 6.45) is 3.07. The monoisotopic (exact) mass is 481 g/mol. The first-order valence-electron chi connectivity index (χ1n) is 10.2. The molecular formula is C23H20FN5O4S. The highest BCUT2D eigenvalue weighted by Gasteiger charge is 2.31. The normalized spacial score (nSPS) is 15.3. The van der Waals surface area contributed by atoms with E-state index in [0.717, 1.165) is 11.8 Å². The van der Waals surface area contributed by atoms with Crippen molar-refractivity contribution in [3.8, 4) is 0 Å². The number of hydrogen-bond acceptors (Lipinski definition) is 8. The standard InChI is InChI=1S/C23H20FN5O4S/c1-32-12-11-28-14-21(33-27-28)26-20(30)15-34-23-25-19(13-16-7-9-17(24)10-8-16)22(31)29(23)18-5-3-2-4-6-18/h2-10,13-14H,11-12,15H2,1H3/b19-13+. The summed E-state index contributed by atoms with van der Waals surface area (Å²) < 4.78 is 24.7. The minimum atomic E-state index is -0.473. The number of nitrogens with zero attached hydrogens (tertiary/aromatic N) is 5. The lowest BCUT2D eigenvalue weighted by molar-refractivity contribution is -0.763. The van der Waals surface area contributed by atoms with Crippen LogP contribution in [0, 0.1) is 5.82 Å². The molecule has 11 heteroatoms. The van der Waals surface area contributed by atoms with E-state index in [1.165, 1.54) is 27.9 Å². The van der Waals surface area contributed by atoms with Crippen molar-refractivity contribution in [3.05, 3.63) is 77.9 Å². The van der Waals surface area contributed by atoms with Gasteiger partial charge in [-0.15, -0.1) is 0 Å². The zero-order valence-electron chi connectivity index (χ0n) is 18.1. The third-order valence-electron chi connectivity index (χ3n) is 4.60. The van der Waals surface area contributed by atoms with Crippen LogP contribution in [0.4, 0.5) is 16.0 Å². The minimum Gasteiger partial charge on any atom is -0.861 e. The van der Waals surface area contributed by atoms with Crippen LogP contribution in [-0.2, 0) is 16.1 Å². The first-order valence-corrected chi connectivity index (χ1v) is 11.2. The Morgan fingerprint density at radius 1 is 1.26 bits per heavy atom. The van der Waals surface area contributed by atoms with Crippen LogP contribution in [-0.4, -0.2) is 41.7 Å². The number of ether oxygens (including phenoxy) is 1. The van der Waals surface area contributed by atoms with Crippen LogP contribution in [0.5, 0.6) is 0 Å². The molecule has 2 heterocycles. The molecule has 174 valence electrons. The first kappa shape index (κ1) is 23.3. The van der Waals surface area contributed by atoms with Gasteiger partial charge < -0.3 is 9.84 Å². The number of aliphatic imine (C=N–C) groups is 2. The van der Waals surface area contributed by atoms with Crippen molar-refractivity contribution in [2.45, 2.75) is 6.54 Å². The molecule has 0 aliphatic carbocycles. The number of carbonyl (C=O) groups excluding carboxylic acids is 1. The molecule has 1 amide bonds. The third kappa shape index (κ3) is 5.74. The van der Waals surface area contributed by atoms with Crippen molar-refractivity contribution in [2.75, 3.05) is 24.4 Å². The van der Waals surface area contributed by atoms with Gasteiger partial charge in [0.2, 0.25) is 11.8 Å². The first-order chi connectivity index (χ1) is 16.5. The summed E-state index contributed by atoms with van der Waals surface area (Å²) in [5, 5.41) is 16.5. The zero-order chi connectivity index (χ0) is 23.9. The fourth-order valence-electron chi connectivity index (χ4n) is 3.00. The maximum Gasteiger partial charge on any atom is 0.320 e. The summed E-state index contributed by atoms with van der Waals surface area (Å²) in [6, 6.07) is 14.7. The molecule has 2 aromatic carbocycles. The van der Waals surface area contributed by atoms with E-state index in [1.807, 2.05) is 6.07 Å². The summed E-state index contributed by atoms with van der Waals surface area (Å²) in [5.41, 5.74) is 1.42. The van der Waals surface area contributed by atoms with Crippen molar-refractivity contribution >= 4 is 46.4 Å². The Balaban J connectivity index is 1.53. The lowest BCUT2D eigenvalue weighted by Gasteiger charge is -2.18. The summed E-state index contributed by atoms with van der Waals surface area (Å²) in [6.45, 7) is 0.907. The minimum absolute atomic E-state index is 0.0714. The van der Waals surface area contributed by atoms with Crippen molar-refractivity contribution < 1.29 is 28.2 Å². The zero-order valence-corrected chi connectivity index (χ0v) is 18.9. The van der Waals surface area contributed by atoms with Crippen LogP contribution in [0.15, 0.2) is 81.0 Å². The molecular weight excluding hydrogens is 461 g/mol. The average Bonchev–Trinajstić information content (AvgIpc) is 3.42. The molecule has 34 heavy (non-hydrogen) atoms. The maximum absolute atomic E-state index is 13.2. The number of carbonyl (C=O) groups is 1. The lowest BCUT2D eigenvalue weighted by atomic mass is 10.2. The predicted molar refractivity (Wildman–Crippen MR) is 124 cm³/mol. The number of hydrogen-bond donors (Lipinski definition) is 0. The number of thioether (sulfide) groups is 1. The van der Waals surface area contributed by atoms with Gasteiger partial charge >= 0.3 is 5.88 Å². The van der Waals surface area contributed by atoms with Gasteiger partial charge in [-0.25, -0.2) is 14.4 Å². The molecule has 0 atom stereocenters. The molecule has 0 unspecified atom stereocenters. The average molecular weight is 482 g/mol. The third-order valence-corrected chi connectivity index (χ3v) is 5.52. The fraction of sp³-hybridized carbons (Fsp3) is 0.174. The summed E-state index contributed by atoms with van der Waals surface area (Å²) >= 11 is 1.08. The largest absolute Gasteiger partial charge is 0.861 e. The molecule has 3 aromatic rings. The number of para-hydroxylation sites is 1. The quantitative estimate of drug-likeness (QED) is 0.212. The van der Waals surface area contributed by atoms with Crippen LogP contribution < -0.4 is 14.7 Å². The molecule has 0 saturated carbocycles. The van der Waals surface area contributed by atoms with Crippen molar-refractivity contribution in [3.63, 3.8) is 0 Å². The van der Waals surface area contributed by atoms with E-state index in [1.54, 1.807) is 49.6 Å². The lowest BCUT2D eigenvalue weighted by Crippen LogP contribution is -2.36. The summed E-state index contributed by atoms with van der Waals surface area (Å²) in [4.78, 5) is 22.9. The van der Waals surface area contributed by atoms with Crippen LogP contribution in [0.1, 0.15) is 5.56 Å². The van der Waals surface area contributed by atoms with Crippen LogP contribution in [0.25, 0.3) is 6.08 Å². The maximum atomic E-state index is 13.2. The Hall–Kier alpha value is -3.83. The second-order valence-corrected chi connectivity index (χ2v) is 7.98. The van der Waals surface area contributed by atoms with E-state index in [-0.39, 0.29) is 29.1 Å². The van der Waals surface area contributed by atoms with E-state index in [0.29, 0.717) is 29.6 Å². The van der Waals surface area contributed by atoms with Gasteiger partial charge in [-0.2, -0.15) is 0 Å². The Morgan fingerprint density at radius 2 is 2.03 bits per heavy atom. The number of amides is 1. The summed E-state index contributed by atoms with van der Waals surface area (Å²) in [7, 11) is 1.57. The van der Waals surface area contributed by atoms with Crippen LogP contribution >= 0.6 is 11.8 Å². The molecule has 0 N–H and O–H groups in total. The van der Waals surface area contributed by atoms with Gasteiger partial charge in [0, 0.05) is 12.9 Å². The van der Waals surface area contributed by atoms with Crippen molar-refractivity contribution in [2.24, 2.45) is 9.98 Å². The van der Waals surface area contributed by atoms with Crippen LogP contribution in [0.2, 0.25) is 0 Å². The Bertz CT molecular complexity index is 1240. The van der Waals surface area contributed by atoms with Gasteiger partial charge in [-0.1, -0.05) is 42.1 Å². The highest BCUT2D eigenvalue weighted by atomic mass is 32.2. The molecule has 0 spiro atoms. The highest BCUT2D eigenvalue weighted by Crippen LogP contribution is 2.29. The van der Waals surface area contributed by atoms with E-state index in [9.17, 15) is 14.3 Å². The highest BCUT2D eigenvalue weighted by molar-refractivity contribution is 8.14. The van der Waals surface area contributed by atoms with E-state index in [4.69, 9.17) is 9.26 Å². The molecule has 0 fully saturated rings. The molecule has 0 bridgehead atoms. The Labute approximate surface area is 198 Å². The number of rotatable bonds is 8. The molecule has 0 saturated heterocycles. The molecule has 1 aliphatic heterocycles. The number of aromatic nitrogens is 2. The van der Waals surface area contributed by atoms with Gasteiger partial charge in [0.25, 0.3) is 12.1 Å². The second kappa shape index (κ2) is 10.9. The van der Waals surface area contributed by atoms with E-state index < -0.39 is 5.90 Å². The van der Waals surface area contributed by atoms with Crippen molar-refractivity contribution in [1.29, 1.82) is 0 Å². The number of anilines is 1. The fourth-order valence-corrected chi connectivity index (χ4v) is 3.80. The summed E-state index contributed by atoms with van der Waals surface area (Å²) in [5.74, 6) is -1.19. The van der Waals surface area contributed by atoms with E-state index >= 15 is 0 Å².